The van der Waals surface area contributed by atoms with Gasteiger partial charge in [-0.15, -0.1) is 0 Å². The lowest BCUT2D eigenvalue weighted by Crippen LogP contribution is -2.27. The van der Waals surface area contributed by atoms with E-state index in [4.69, 9.17) is 0 Å². The van der Waals surface area contributed by atoms with Gasteiger partial charge in [0.25, 0.3) is 0 Å². The summed E-state index contributed by atoms with van der Waals surface area (Å²) in [5.41, 5.74) is 0. The van der Waals surface area contributed by atoms with Gasteiger partial charge in [-0.2, -0.15) is 11.8 Å². The van der Waals surface area contributed by atoms with Crippen molar-refractivity contribution in [3.8, 4) is 0 Å². The summed E-state index contributed by atoms with van der Waals surface area (Å²) in [5, 5.41) is 2.96. The molecule has 2 rings (SSSR count). The largest absolute Gasteiger partial charge is 0.352 e. The van der Waals surface area contributed by atoms with Gasteiger partial charge >= 0.3 is 0 Å². The lowest BCUT2D eigenvalue weighted by Gasteiger charge is -2.03. The highest BCUT2D eigenvalue weighted by Crippen LogP contribution is 2.30. The van der Waals surface area contributed by atoms with Gasteiger partial charge < -0.3 is 5.32 Å². The van der Waals surface area contributed by atoms with Crippen LogP contribution in [0.15, 0.2) is 0 Å². The summed E-state index contributed by atoms with van der Waals surface area (Å²) >= 11 is 1.95. The van der Waals surface area contributed by atoms with Gasteiger partial charge in [-0.3, -0.25) is 4.79 Å². The molecule has 2 fully saturated rings. The first-order valence-corrected chi connectivity index (χ1v) is 4.39. The number of hydrogen-bond donors (Lipinski definition) is 1. The summed E-state index contributed by atoms with van der Waals surface area (Å²) in [6, 6.07) is 0.516. The Morgan fingerprint density at radius 1 is 1.56 bits per heavy atom. The van der Waals surface area contributed by atoms with Crippen LogP contribution in [-0.2, 0) is 4.79 Å². The minimum Gasteiger partial charge on any atom is -0.352 e. The van der Waals surface area contributed by atoms with E-state index in [1.54, 1.807) is 0 Å². The minimum absolute atomic E-state index is 0.255. The second kappa shape index (κ2) is 1.90. The van der Waals surface area contributed by atoms with Gasteiger partial charge in [-0.25, -0.2) is 0 Å². The van der Waals surface area contributed by atoms with Gasteiger partial charge in [0, 0.05) is 18.2 Å². The normalized spacial score (nSPS) is 40.7. The summed E-state index contributed by atoms with van der Waals surface area (Å²) < 4.78 is 0. The first-order valence-electron chi connectivity index (χ1n) is 3.23. The fourth-order valence-corrected chi connectivity index (χ4v) is 2.86. The van der Waals surface area contributed by atoms with Crippen molar-refractivity contribution >= 4 is 17.7 Å². The Kier molecular flexibility index (Phi) is 1.18. The van der Waals surface area contributed by atoms with E-state index < -0.39 is 0 Å². The van der Waals surface area contributed by atoms with E-state index in [0.29, 0.717) is 12.0 Å². The summed E-state index contributed by atoms with van der Waals surface area (Å²) in [4.78, 5) is 10.7. The van der Waals surface area contributed by atoms with Crippen LogP contribution >= 0.6 is 11.8 Å². The monoisotopic (exact) mass is 143 g/mol. The number of fused-ring (bicyclic) bond motifs is 1. The maximum absolute atomic E-state index is 10.7. The molecule has 1 amide bonds. The molecule has 0 aromatic rings. The zero-order chi connectivity index (χ0) is 6.27. The molecular weight excluding hydrogens is 134 g/mol. The van der Waals surface area contributed by atoms with Crippen molar-refractivity contribution in [2.45, 2.75) is 12.5 Å². The first kappa shape index (κ1) is 5.59. The highest BCUT2D eigenvalue weighted by Gasteiger charge is 2.35. The van der Waals surface area contributed by atoms with E-state index in [1.807, 2.05) is 11.8 Å². The molecule has 0 spiro atoms. The van der Waals surface area contributed by atoms with Gasteiger partial charge in [0.15, 0.2) is 0 Å². The summed E-state index contributed by atoms with van der Waals surface area (Å²) in [7, 11) is 0. The number of nitrogens with one attached hydrogen (secondary N) is 1. The molecule has 0 aromatic heterocycles. The maximum Gasteiger partial charge on any atom is 0.220 e. The second-order valence-electron chi connectivity index (χ2n) is 2.68. The third kappa shape index (κ3) is 0.834. The number of thioether (sulfide) groups is 1. The predicted molar refractivity (Wildman–Crippen MR) is 37.4 cm³/mol. The lowest BCUT2D eigenvalue weighted by atomic mass is 10.1. The third-order valence-corrected chi connectivity index (χ3v) is 3.25. The number of carbonyl (C=O) groups is 1. The van der Waals surface area contributed by atoms with E-state index in [2.05, 4.69) is 5.32 Å². The molecule has 2 heterocycles. The standard InChI is InChI=1S/C6H9NOS/c8-6-1-4-2-9-3-5(4)7-6/h4-5H,1-3H2,(H,7,8)/t4-,5+/m0/s1. The van der Waals surface area contributed by atoms with E-state index >= 15 is 0 Å². The van der Waals surface area contributed by atoms with Crippen molar-refractivity contribution in [2.24, 2.45) is 5.92 Å². The highest BCUT2D eigenvalue weighted by molar-refractivity contribution is 7.99. The quantitative estimate of drug-likeness (QED) is 0.526. The Balaban J connectivity index is 2.09. The molecule has 2 saturated heterocycles. The fraction of sp³-hybridized carbons (Fsp3) is 0.833. The number of carbonyl (C=O) groups excluding carboxylic acids is 1. The van der Waals surface area contributed by atoms with Crippen LogP contribution in [0.1, 0.15) is 6.42 Å². The molecule has 2 aliphatic rings. The molecule has 0 bridgehead atoms. The minimum atomic E-state index is 0.255. The smallest absolute Gasteiger partial charge is 0.220 e. The molecule has 3 heteroatoms. The molecule has 2 aliphatic heterocycles. The van der Waals surface area contributed by atoms with Crippen molar-refractivity contribution in [3.63, 3.8) is 0 Å². The fourth-order valence-electron chi connectivity index (χ4n) is 1.46. The first-order chi connectivity index (χ1) is 4.36. The van der Waals surface area contributed by atoms with Crippen LogP contribution in [0.4, 0.5) is 0 Å². The van der Waals surface area contributed by atoms with Crippen molar-refractivity contribution < 1.29 is 4.79 Å². The molecule has 0 radical (unpaired) electrons. The van der Waals surface area contributed by atoms with Crippen LogP contribution in [0.2, 0.25) is 0 Å². The molecule has 0 saturated carbocycles. The van der Waals surface area contributed by atoms with Gasteiger partial charge in [0.2, 0.25) is 5.91 Å². The highest BCUT2D eigenvalue weighted by atomic mass is 32.2. The summed E-state index contributed by atoms with van der Waals surface area (Å²) in [6.45, 7) is 0. The van der Waals surface area contributed by atoms with Gasteiger partial charge in [0.05, 0.1) is 0 Å². The Labute approximate surface area is 58.4 Å². The molecule has 2 nitrogen and oxygen atoms in total. The van der Waals surface area contributed by atoms with Crippen molar-refractivity contribution in [1.29, 1.82) is 0 Å². The Bertz CT molecular complexity index is 134. The lowest BCUT2D eigenvalue weighted by molar-refractivity contribution is -0.119. The molecule has 1 N–H and O–H groups in total. The van der Waals surface area contributed by atoms with Crippen LogP contribution in [0.25, 0.3) is 0 Å². The van der Waals surface area contributed by atoms with Crippen LogP contribution in [0, 0.1) is 5.92 Å². The van der Waals surface area contributed by atoms with E-state index in [9.17, 15) is 4.79 Å². The predicted octanol–water partition coefficient (Wildman–Crippen LogP) is 0.238. The Morgan fingerprint density at radius 2 is 2.44 bits per heavy atom. The molecule has 0 aromatic carbocycles. The van der Waals surface area contributed by atoms with Crippen LogP contribution in [0.5, 0.6) is 0 Å². The number of amides is 1. The average Bonchev–Trinajstić information content (AvgIpc) is 2.22. The van der Waals surface area contributed by atoms with Crippen LogP contribution in [0.3, 0.4) is 0 Å². The second-order valence-corrected chi connectivity index (χ2v) is 3.75. The molecule has 2 atom stereocenters. The summed E-state index contributed by atoms with van der Waals surface area (Å²) in [5.74, 6) is 3.23. The number of rotatable bonds is 0. The van der Waals surface area contributed by atoms with E-state index in [0.717, 1.165) is 12.2 Å². The molecule has 0 aliphatic carbocycles. The molecular formula is C6H9NOS. The van der Waals surface area contributed by atoms with Crippen molar-refractivity contribution in [2.75, 3.05) is 11.5 Å². The van der Waals surface area contributed by atoms with Crippen molar-refractivity contribution in [1.82, 2.24) is 5.32 Å². The summed E-state index contributed by atoms with van der Waals surface area (Å²) in [6.07, 6.45) is 0.775. The zero-order valence-corrected chi connectivity index (χ0v) is 5.91. The molecule has 50 valence electrons. The SMILES string of the molecule is O=C1C[C@H]2CSC[C@H]2N1. The van der Waals surface area contributed by atoms with Gasteiger partial charge in [-0.1, -0.05) is 0 Å². The van der Waals surface area contributed by atoms with Crippen LogP contribution in [-0.4, -0.2) is 23.5 Å². The van der Waals surface area contributed by atoms with E-state index in [-0.39, 0.29) is 5.91 Å². The Morgan fingerprint density at radius 3 is 3.22 bits per heavy atom. The van der Waals surface area contributed by atoms with E-state index in [1.165, 1.54) is 5.75 Å². The number of hydrogen-bond acceptors (Lipinski definition) is 2. The van der Waals surface area contributed by atoms with Gasteiger partial charge in [0.1, 0.15) is 0 Å². The van der Waals surface area contributed by atoms with Crippen LogP contribution < -0.4 is 5.32 Å². The van der Waals surface area contributed by atoms with Crippen molar-refractivity contribution in [3.05, 3.63) is 0 Å². The molecule has 0 unspecified atom stereocenters. The molecule has 9 heavy (non-hydrogen) atoms. The Hall–Kier alpha value is -0.180. The maximum atomic E-state index is 10.7. The third-order valence-electron chi connectivity index (χ3n) is 1.99. The zero-order valence-electron chi connectivity index (χ0n) is 5.09. The average molecular weight is 143 g/mol. The van der Waals surface area contributed by atoms with Gasteiger partial charge in [-0.05, 0) is 11.7 Å². The topological polar surface area (TPSA) is 29.1 Å².